The molecule has 0 spiro atoms. The van der Waals surface area contributed by atoms with Crippen LogP contribution in [0, 0.1) is 0 Å². The topological polar surface area (TPSA) is 15.3 Å². The Hall–Kier alpha value is -0.220. The van der Waals surface area contributed by atoms with E-state index in [1.54, 1.807) is 0 Å². The van der Waals surface area contributed by atoms with E-state index in [-0.39, 0.29) is 0 Å². The minimum Gasteiger partial charge on any atom is -0.314 e. The van der Waals surface area contributed by atoms with Gasteiger partial charge in [-0.15, -0.1) is 0 Å². The lowest BCUT2D eigenvalue weighted by atomic mass is 10.3. The summed E-state index contributed by atoms with van der Waals surface area (Å²) in [5.74, 6) is 0. The van der Waals surface area contributed by atoms with Gasteiger partial charge in [0.2, 0.25) is 0 Å². The Bertz CT molecular complexity index is 105. The zero-order chi connectivity index (χ0) is 7.61. The van der Waals surface area contributed by atoms with Crippen LogP contribution in [0.25, 0.3) is 0 Å². The van der Waals surface area contributed by atoms with Gasteiger partial charge >= 0.3 is 6.05 Å². The largest absolute Gasteiger partial charge is 0.314 e. The standard InChI is InChI=1S/C6H12F2N2/c1-6(7,8)10-4-2-9-3-5-10/h9H,2-5H2,1H3. The van der Waals surface area contributed by atoms with Gasteiger partial charge < -0.3 is 5.32 Å². The monoisotopic (exact) mass is 150 g/mol. The highest BCUT2D eigenvalue weighted by molar-refractivity contribution is 4.71. The molecule has 4 heteroatoms. The fourth-order valence-electron chi connectivity index (χ4n) is 1.06. The number of nitrogens with one attached hydrogen (secondary N) is 1. The molecule has 0 radical (unpaired) electrons. The molecule has 0 bridgehead atoms. The van der Waals surface area contributed by atoms with Crippen molar-refractivity contribution >= 4 is 0 Å². The number of rotatable bonds is 1. The van der Waals surface area contributed by atoms with Gasteiger partial charge in [0.1, 0.15) is 0 Å². The molecule has 2 nitrogen and oxygen atoms in total. The highest BCUT2D eigenvalue weighted by Gasteiger charge is 2.31. The van der Waals surface area contributed by atoms with Crippen LogP contribution in [0.3, 0.4) is 0 Å². The first kappa shape index (κ1) is 7.88. The summed E-state index contributed by atoms with van der Waals surface area (Å²) in [5, 5.41) is 3.01. The minimum atomic E-state index is -2.64. The van der Waals surface area contributed by atoms with Crippen LogP contribution in [0.2, 0.25) is 0 Å². The first-order chi connectivity index (χ1) is 4.61. The van der Waals surface area contributed by atoms with Gasteiger partial charge in [-0.2, -0.15) is 8.78 Å². The van der Waals surface area contributed by atoms with Gasteiger partial charge in [0, 0.05) is 33.1 Å². The lowest BCUT2D eigenvalue weighted by molar-refractivity contribution is -0.134. The Morgan fingerprint density at radius 3 is 2.10 bits per heavy atom. The first-order valence-electron chi connectivity index (χ1n) is 3.44. The first-order valence-corrected chi connectivity index (χ1v) is 3.44. The molecule has 1 heterocycles. The molecule has 1 saturated heterocycles. The van der Waals surface area contributed by atoms with Gasteiger partial charge in [0.15, 0.2) is 0 Å². The Labute approximate surface area is 59.2 Å². The molecule has 60 valence electrons. The van der Waals surface area contributed by atoms with Gasteiger partial charge in [0.25, 0.3) is 0 Å². The average Bonchev–Trinajstić information content (AvgIpc) is 1.88. The zero-order valence-electron chi connectivity index (χ0n) is 6.03. The number of halogens is 2. The highest BCUT2D eigenvalue weighted by atomic mass is 19.3. The Balaban J connectivity index is 2.39. The maximum absolute atomic E-state index is 12.5. The Kier molecular flexibility index (Phi) is 2.21. The summed E-state index contributed by atoms with van der Waals surface area (Å²) in [7, 11) is 0. The van der Waals surface area contributed by atoms with E-state index >= 15 is 0 Å². The third-order valence-electron chi connectivity index (χ3n) is 1.67. The van der Waals surface area contributed by atoms with E-state index in [0.717, 1.165) is 6.92 Å². The fraction of sp³-hybridized carbons (Fsp3) is 1.00. The molecule has 0 aliphatic carbocycles. The molecule has 1 fully saturated rings. The van der Waals surface area contributed by atoms with Gasteiger partial charge in [0.05, 0.1) is 0 Å². The van der Waals surface area contributed by atoms with Crippen molar-refractivity contribution in [2.45, 2.75) is 13.0 Å². The number of nitrogens with zero attached hydrogens (tertiary/aromatic N) is 1. The van der Waals surface area contributed by atoms with E-state index in [4.69, 9.17) is 0 Å². The predicted octanol–water partition coefficient (Wildman–Crippen LogP) is 0.504. The highest BCUT2D eigenvalue weighted by Crippen LogP contribution is 2.17. The van der Waals surface area contributed by atoms with E-state index in [0.29, 0.717) is 26.2 Å². The van der Waals surface area contributed by atoms with Crippen molar-refractivity contribution in [1.82, 2.24) is 10.2 Å². The van der Waals surface area contributed by atoms with E-state index < -0.39 is 6.05 Å². The lowest BCUT2D eigenvalue weighted by Gasteiger charge is -2.31. The van der Waals surface area contributed by atoms with Gasteiger partial charge in [-0.25, -0.2) is 4.90 Å². The van der Waals surface area contributed by atoms with Crippen LogP contribution in [0.15, 0.2) is 0 Å². The number of hydrogen-bond acceptors (Lipinski definition) is 2. The summed E-state index contributed by atoms with van der Waals surface area (Å²) in [6, 6.07) is -2.64. The van der Waals surface area contributed by atoms with Crippen LogP contribution >= 0.6 is 0 Å². The van der Waals surface area contributed by atoms with Crippen molar-refractivity contribution in [1.29, 1.82) is 0 Å². The fourth-order valence-corrected chi connectivity index (χ4v) is 1.06. The van der Waals surface area contributed by atoms with Crippen LogP contribution in [0.4, 0.5) is 8.78 Å². The number of piperazine rings is 1. The van der Waals surface area contributed by atoms with E-state index in [1.165, 1.54) is 4.90 Å². The number of hydrogen-bond donors (Lipinski definition) is 1. The third kappa shape index (κ3) is 1.88. The second-order valence-electron chi connectivity index (χ2n) is 2.58. The molecule has 1 N–H and O–H groups in total. The quantitative estimate of drug-likeness (QED) is 0.548. The second-order valence-corrected chi connectivity index (χ2v) is 2.58. The zero-order valence-corrected chi connectivity index (χ0v) is 6.03. The van der Waals surface area contributed by atoms with E-state index in [2.05, 4.69) is 5.32 Å². The summed E-state index contributed by atoms with van der Waals surface area (Å²) in [6.07, 6.45) is 0. The molecule has 1 aliphatic heterocycles. The smallest absolute Gasteiger partial charge is 0.302 e. The average molecular weight is 150 g/mol. The molecule has 0 atom stereocenters. The van der Waals surface area contributed by atoms with Crippen molar-refractivity contribution in [2.75, 3.05) is 26.2 Å². The molecule has 0 aromatic carbocycles. The molecule has 10 heavy (non-hydrogen) atoms. The second kappa shape index (κ2) is 2.80. The van der Waals surface area contributed by atoms with Crippen molar-refractivity contribution in [2.24, 2.45) is 0 Å². The van der Waals surface area contributed by atoms with E-state index in [1.807, 2.05) is 0 Å². The van der Waals surface area contributed by atoms with Crippen molar-refractivity contribution < 1.29 is 8.78 Å². The SMILES string of the molecule is CC(F)(F)N1CCNCC1. The summed E-state index contributed by atoms with van der Waals surface area (Å²) >= 11 is 0. The normalized spacial score (nSPS) is 23.1. The molecule has 1 rings (SSSR count). The van der Waals surface area contributed by atoms with Gasteiger partial charge in [-0.05, 0) is 0 Å². The lowest BCUT2D eigenvalue weighted by Crippen LogP contribution is -2.50. The van der Waals surface area contributed by atoms with Crippen LogP contribution in [-0.2, 0) is 0 Å². The molecular formula is C6H12F2N2. The van der Waals surface area contributed by atoms with Crippen LogP contribution < -0.4 is 5.32 Å². The Morgan fingerprint density at radius 1 is 1.30 bits per heavy atom. The van der Waals surface area contributed by atoms with Crippen LogP contribution in [-0.4, -0.2) is 37.1 Å². The number of alkyl halides is 2. The van der Waals surface area contributed by atoms with E-state index in [9.17, 15) is 8.78 Å². The summed E-state index contributed by atoms with van der Waals surface area (Å²) < 4.78 is 25.0. The summed E-state index contributed by atoms with van der Waals surface area (Å²) in [4.78, 5) is 1.18. The summed E-state index contributed by atoms with van der Waals surface area (Å²) in [5.41, 5.74) is 0. The van der Waals surface area contributed by atoms with Gasteiger partial charge in [-0.3, -0.25) is 0 Å². The molecule has 0 saturated carbocycles. The molecule has 1 aliphatic rings. The molecule has 0 aromatic rings. The molecule has 0 amide bonds. The Morgan fingerprint density at radius 2 is 1.80 bits per heavy atom. The predicted molar refractivity (Wildman–Crippen MR) is 35.1 cm³/mol. The maximum atomic E-state index is 12.5. The van der Waals surface area contributed by atoms with Crippen molar-refractivity contribution in [3.05, 3.63) is 0 Å². The van der Waals surface area contributed by atoms with Crippen LogP contribution in [0.1, 0.15) is 6.92 Å². The molecule has 0 unspecified atom stereocenters. The van der Waals surface area contributed by atoms with Gasteiger partial charge in [-0.1, -0.05) is 0 Å². The molecular weight excluding hydrogens is 138 g/mol. The minimum absolute atomic E-state index is 0.448. The maximum Gasteiger partial charge on any atom is 0.302 e. The summed E-state index contributed by atoms with van der Waals surface area (Å²) in [6.45, 7) is 3.18. The van der Waals surface area contributed by atoms with Crippen molar-refractivity contribution in [3.63, 3.8) is 0 Å². The van der Waals surface area contributed by atoms with Crippen molar-refractivity contribution in [3.8, 4) is 0 Å². The third-order valence-corrected chi connectivity index (χ3v) is 1.67. The molecule has 0 aromatic heterocycles. The van der Waals surface area contributed by atoms with Crippen LogP contribution in [0.5, 0.6) is 0 Å².